The first-order chi connectivity index (χ1) is 31.0. The van der Waals surface area contributed by atoms with Gasteiger partial charge in [-0.2, -0.15) is 0 Å². The predicted octanol–water partition coefficient (Wildman–Crippen LogP) is 17.4. The number of ether oxygens (including phenoxy) is 3. The third-order valence-corrected chi connectivity index (χ3v) is 11.2. The van der Waals surface area contributed by atoms with Crippen molar-refractivity contribution in [2.75, 3.05) is 13.2 Å². The van der Waals surface area contributed by atoms with Gasteiger partial charge in [0.2, 0.25) is 0 Å². The topological polar surface area (TPSA) is 78.9 Å². The maximum Gasteiger partial charge on any atom is 0.306 e. The van der Waals surface area contributed by atoms with Crippen LogP contribution in [0.3, 0.4) is 0 Å². The normalized spacial score (nSPS) is 12.6. The van der Waals surface area contributed by atoms with E-state index in [-0.39, 0.29) is 31.1 Å². The Morgan fingerprint density at radius 1 is 0.317 bits per heavy atom. The molecule has 0 aliphatic carbocycles. The van der Waals surface area contributed by atoms with Crippen molar-refractivity contribution in [1.29, 1.82) is 0 Å². The van der Waals surface area contributed by atoms with E-state index in [4.69, 9.17) is 14.2 Å². The number of rotatable bonds is 47. The van der Waals surface area contributed by atoms with Crippen LogP contribution in [0.1, 0.15) is 252 Å². The molecule has 0 aromatic carbocycles. The number of hydrogen-bond donors (Lipinski definition) is 0. The number of hydrogen-bond acceptors (Lipinski definition) is 6. The molecule has 0 amide bonds. The number of allylic oxidation sites excluding steroid dienone is 12. The lowest BCUT2D eigenvalue weighted by atomic mass is 10.1. The molecule has 0 aromatic heterocycles. The molecule has 0 unspecified atom stereocenters. The summed E-state index contributed by atoms with van der Waals surface area (Å²) in [5.41, 5.74) is 0. The van der Waals surface area contributed by atoms with Crippen LogP contribution >= 0.6 is 0 Å². The van der Waals surface area contributed by atoms with Crippen molar-refractivity contribution in [2.24, 2.45) is 0 Å². The van der Waals surface area contributed by atoms with Crippen LogP contribution in [0.4, 0.5) is 0 Å². The van der Waals surface area contributed by atoms with Crippen LogP contribution in [0.5, 0.6) is 0 Å². The summed E-state index contributed by atoms with van der Waals surface area (Å²) >= 11 is 0. The second-order valence-electron chi connectivity index (χ2n) is 17.4. The van der Waals surface area contributed by atoms with Crippen molar-refractivity contribution in [2.45, 2.75) is 258 Å². The molecule has 0 N–H and O–H groups in total. The molecule has 0 aromatic rings. The minimum Gasteiger partial charge on any atom is -0.462 e. The van der Waals surface area contributed by atoms with Crippen molar-refractivity contribution in [3.63, 3.8) is 0 Å². The van der Waals surface area contributed by atoms with Crippen molar-refractivity contribution < 1.29 is 28.6 Å². The molecule has 63 heavy (non-hydrogen) atoms. The number of unbranched alkanes of at least 4 members (excludes halogenated alkanes) is 24. The molecular weight excluding hydrogens is 781 g/mol. The van der Waals surface area contributed by atoms with Gasteiger partial charge < -0.3 is 14.2 Å². The lowest BCUT2D eigenvalue weighted by Crippen LogP contribution is -2.30. The Hall–Kier alpha value is -3.15. The van der Waals surface area contributed by atoms with E-state index in [1.807, 2.05) is 0 Å². The minimum absolute atomic E-state index is 0.0906. The van der Waals surface area contributed by atoms with Gasteiger partial charge in [-0.15, -0.1) is 0 Å². The van der Waals surface area contributed by atoms with Gasteiger partial charge in [0.1, 0.15) is 13.2 Å². The third kappa shape index (κ3) is 49.7. The van der Waals surface area contributed by atoms with Gasteiger partial charge in [-0.1, -0.05) is 209 Å². The van der Waals surface area contributed by atoms with E-state index < -0.39 is 6.10 Å². The second-order valence-corrected chi connectivity index (χ2v) is 17.4. The Bertz CT molecular complexity index is 1190. The molecule has 0 fully saturated rings. The summed E-state index contributed by atoms with van der Waals surface area (Å²) in [5.74, 6) is -0.933. The fourth-order valence-electron chi connectivity index (χ4n) is 7.16. The molecule has 6 heteroatoms. The molecule has 0 heterocycles. The van der Waals surface area contributed by atoms with Gasteiger partial charge in [0, 0.05) is 19.3 Å². The van der Waals surface area contributed by atoms with Crippen molar-refractivity contribution in [3.05, 3.63) is 72.9 Å². The van der Waals surface area contributed by atoms with Gasteiger partial charge in [-0.05, 0) is 96.3 Å². The smallest absolute Gasteiger partial charge is 0.306 e. The summed E-state index contributed by atoms with van der Waals surface area (Å²) in [4.78, 5) is 38.0. The average Bonchev–Trinajstić information content (AvgIpc) is 3.28. The summed E-state index contributed by atoms with van der Waals surface area (Å²) in [7, 11) is 0. The lowest BCUT2D eigenvalue weighted by Gasteiger charge is -2.18. The van der Waals surface area contributed by atoms with Crippen LogP contribution in [-0.2, 0) is 28.6 Å². The van der Waals surface area contributed by atoms with Gasteiger partial charge in [0.15, 0.2) is 6.10 Å². The molecule has 0 saturated carbocycles. The highest BCUT2D eigenvalue weighted by Crippen LogP contribution is 2.14. The number of carbonyl (C=O) groups excluding carboxylic acids is 3. The molecule has 1 atom stereocenters. The second kappa shape index (κ2) is 51.5. The minimum atomic E-state index is -0.794. The molecule has 0 saturated heterocycles. The first kappa shape index (κ1) is 59.9. The molecule has 362 valence electrons. The van der Waals surface area contributed by atoms with Crippen molar-refractivity contribution >= 4 is 17.9 Å². The monoisotopic (exact) mass is 879 g/mol. The molecule has 0 spiro atoms. The fourth-order valence-corrected chi connectivity index (χ4v) is 7.16. The average molecular weight is 879 g/mol. The Morgan fingerprint density at radius 3 is 0.921 bits per heavy atom. The summed E-state index contributed by atoms with van der Waals surface area (Å²) in [6, 6.07) is 0. The zero-order chi connectivity index (χ0) is 45.8. The SMILES string of the molecule is CCCCC/C=C\C/C=C\C/C=C\CCCCCCC(=O)OC[C@H](COC(=O)CCCCCCCCCCCCC)OC(=O)CCCCCC/C=C\C/C=C\C/C=C\CCCCC. The van der Waals surface area contributed by atoms with Crippen LogP contribution in [0.25, 0.3) is 0 Å². The van der Waals surface area contributed by atoms with Gasteiger partial charge in [-0.3, -0.25) is 14.4 Å². The summed E-state index contributed by atoms with van der Waals surface area (Å²) in [6.45, 7) is 6.54. The highest BCUT2D eigenvalue weighted by atomic mass is 16.6. The van der Waals surface area contributed by atoms with E-state index in [2.05, 4.69) is 93.7 Å². The highest BCUT2D eigenvalue weighted by molar-refractivity contribution is 5.71. The van der Waals surface area contributed by atoms with E-state index >= 15 is 0 Å². The Morgan fingerprint density at radius 2 is 0.571 bits per heavy atom. The Labute approximate surface area is 389 Å². The van der Waals surface area contributed by atoms with Gasteiger partial charge in [0.05, 0.1) is 0 Å². The maximum atomic E-state index is 12.8. The number of esters is 3. The Balaban J connectivity index is 4.45. The molecule has 0 radical (unpaired) electrons. The summed E-state index contributed by atoms with van der Waals surface area (Å²) in [6.07, 6.45) is 64.5. The van der Waals surface area contributed by atoms with Crippen LogP contribution in [0, 0.1) is 0 Å². The zero-order valence-electron chi connectivity index (χ0n) is 41.3. The van der Waals surface area contributed by atoms with Gasteiger partial charge in [-0.25, -0.2) is 0 Å². The molecule has 0 rings (SSSR count). The largest absolute Gasteiger partial charge is 0.462 e. The van der Waals surface area contributed by atoms with Crippen molar-refractivity contribution in [1.82, 2.24) is 0 Å². The Kier molecular flexibility index (Phi) is 48.9. The zero-order valence-corrected chi connectivity index (χ0v) is 41.3. The van der Waals surface area contributed by atoms with E-state index in [1.54, 1.807) is 0 Å². The van der Waals surface area contributed by atoms with Crippen LogP contribution in [0.15, 0.2) is 72.9 Å². The van der Waals surface area contributed by atoms with Crippen molar-refractivity contribution in [3.8, 4) is 0 Å². The predicted molar refractivity (Wildman–Crippen MR) is 270 cm³/mol. The first-order valence-corrected chi connectivity index (χ1v) is 26.4. The van der Waals surface area contributed by atoms with Gasteiger partial charge in [0.25, 0.3) is 0 Å². The standard InChI is InChI=1S/C57H98O6/c1-4-7-10-13-16-19-22-24-26-28-30-32-35-38-41-44-47-50-56(59)62-53-54(52-61-55(58)49-46-43-40-37-34-21-18-15-12-9-6-3)63-57(60)51-48-45-42-39-36-33-31-29-27-25-23-20-17-14-11-8-5-2/h16-17,19-20,24-27,30-33,54H,4-15,18,21-23,28-29,34-53H2,1-3H3/b19-16-,20-17-,26-24-,27-25-,32-30-,33-31-/t54-/m0/s1. The van der Waals surface area contributed by atoms with Gasteiger partial charge >= 0.3 is 17.9 Å². The number of carbonyl (C=O) groups is 3. The van der Waals surface area contributed by atoms with E-state index in [1.165, 1.54) is 103 Å². The van der Waals surface area contributed by atoms with E-state index in [0.29, 0.717) is 19.3 Å². The summed E-state index contributed by atoms with van der Waals surface area (Å²) in [5, 5.41) is 0. The molecule has 0 bridgehead atoms. The molecule has 0 aliphatic rings. The quantitative estimate of drug-likeness (QED) is 0.0262. The molecule has 6 nitrogen and oxygen atoms in total. The summed E-state index contributed by atoms with van der Waals surface area (Å²) < 4.78 is 16.8. The van der Waals surface area contributed by atoms with E-state index in [0.717, 1.165) is 109 Å². The van der Waals surface area contributed by atoms with Crippen LogP contribution in [-0.4, -0.2) is 37.2 Å². The third-order valence-electron chi connectivity index (χ3n) is 11.2. The van der Waals surface area contributed by atoms with Crippen LogP contribution < -0.4 is 0 Å². The highest BCUT2D eigenvalue weighted by Gasteiger charge is 2.19. The maximum absolute atomic E-state index is 12.8. The fraction of sp³-hybridized carbons (Fsp3) is 0.737. The lowest BCUT2D eigenvalue weighted by molar-refractivity contribution is -0.167. The molecule has 0 aliphatic heterocycles. The first-order valence-electron chi connectivity index (χ1n) is 26.4. The van der Waals surface area contributed by atoms with E-state index in [9.17, 15) is 14.4 Å². The molecular formula is C57H98O6. The van der Waals surface area contributed by atoms with Crippen LogP contribution in [0.2, 0.25) is 0 Å².